The SMILES string of the molecule is COc1ccc(OCCCC(=O)N(Cc2ccccc2)Cc2nc3ccccc3c(=O)[nH]2)cc1. The summed E-state index contributed by atoms with van der Waals surface area (Å²) in [7, 11) is 1.62. The number of ether oxygens (including phenoxy) is 2. The summed E-state index contributed by atoms with van der Waals surface area (Å²) in [6, 6.07) is 24.3. The molecule has 0 aliphatic heterocycles. The maximum absolute atomic E-state index is 13.1. The zero-order chi connectivity index (χ0) is 23.8. The van der Waals surface area contributed by atoms with Crippen molar-refractivity contribution in [3.8, 4) is 11.5 Å². The molecule has 7 heteroatoms. The largest absolute Gasteiger partial charge is 0.497 e. The topological polar surface area (TPSA) is 84.5 Å². The van der Waals surface area contributed by atoms with Crippen molar-refractivity contribution < 1.29 is 14.3 Å². The molecule has 0 aliphatic carbocycles. The molecular formula is C27H27N3O4. The molecule has 0 radical (unpaired) electrons. The number of carbonyl (C=O) groups excluding carboxylic acids is 1. The maximum Gasteiger partial charge on any atom is 0.258 e. The van der Waals surface area contributed by atoms with Gasteiger partial charge in [-0.05, 0) is 48.4 Å². The molecule has 0 aliphatic rings. The first-order valence-corrected chi connectivity index (χ1v) is 11.2. The van der Waals surface area contributed by atoms with E-state index in [0.717, 1.165) is 17.1 Å². The van der Waals surface area contributed by atoms with Crippen molar-refractivity contribution in [3.05, 3.63) is 101 Å². The molecule has 0 saturated heterocycles. The summed E-state index contributed by atoms with van der Waals surface area (Å²) < 4.78 is 10.9. The van der Waals surface area contributed by atoms with Crippen LogP contribution < -0.4 is 15.0 Å². The normalized spacial score (nSPS) is 10.7. The number of nitrogens with one attached hydrogen (secondary N) is 1. The fourth-order valence-corrected chi connectivity index (χ4v) is 3.67. The summed E-state index contributed by atoms with van der Waals surface area (Å²) in [5, 5.41) is 0.530. The third kappa shape index (κ3) is 6.01. The van der Waals surface area contributed by atoms with E-state index in [1.807, 2.05) is 60.7 Å². The molecule has 174 valence electrons. The molecule has 1 aromatic heterocycles. The quantitative estimate of drug-likeness (QED) is 0.359. The number of hydrogen-bond acceptors (Lipinski definition) is 5. The van der Waals surface area contributed by atoms with Gasteiger partial charge in [-0.2, -0.15) is 0 Å². The van der Waals surface area contributed by atoms with Gasteiger partial charge in [-0.1, -0.05) is 42.5 Å². The minimum absolute atomic E-state index is 0.0296. The highest BCUT2D eigenvalue weighted by atomic mass is 16.5. The van der Waals surface area contributed by atoms with Crippen molar-refractivity contribution in [1.82, 2.24) is 14.9 Å². The first-order chi connectivity index (χ1) is 16.6. The second kappa shape index (κ2) is 11.1. The molecule has 4 rings (SSSR count). The Morgan fingerprint density at radius 2 is 1.62 bits per heavy atom. The van der Waals surface area contributed by atoms with Gasteiger partial charge in [-0.3, -0.25) is 9.59 Å². The number of fused-ring (bicyclic) bond motifs is 1. The molecule has 0 bridgehead atoms. The predicted molar refractivity (Wildman–Crippen MR) is 131 cm³/mol. The van der Waals surface area contributed by atoms with Crippen LogP contribution in [0.2, 0.25) is 0 Å². The van der Waals surface area contributed by atoms with Gasteiger partial charge in [0.25, 0.3) is 5.56 Å². The van der Waals surface area contributed by atoms with Crippen LogP contribution in [-0.4, -0.2) is 34.5 Å². The van der Waals surface area contributed by atoms with Crippen molar-refractivity contribution in [2.45, 2.75) is 25.9 Å². The lowest BCUT2D eigenvalue weighted by atomic mass is 10.2. The summed E-state index contributed by atoms with van der Waals surface area (Å²) in [4.78, 5) is 34.7. The minimum Gasteiger partial charge on any atom is -0.497 e. The van der Waals surface area contributed by atoms with Crippen LogP contribution in [0.15, 0.2) is 83.7 Å². The molecule has 0 saturated carbocycles. The average molecular weight is 458 g/mol. The summed E-state index contributed by atoms with van der Waals surface area (Å²) in [5.74, 6) is 1.92. The van der Waals surface area contributed by atoms with Gasteiger partial charge < -0.3 is 19.4 Å². The van der Waals surface area contributed by atoms with E-state index < -0.39 is 0 Å². The number of rotatable bonds is 10. The molecule has 7 nitrogen and oxygen atoms in total. The second-order valence-corrected chi connectivity index (χ2v) is 7.89. The first-order valence-electron chi connectivity index (χ1n) is 11.2. The summed E-state index contributed by atoms with van der Waals surface area (Å²) in [5.41, 5.74) is 1.41. The van der Waals surface area contributed by atoms with E-state index in [1.54, 1.807) is 30.2 Å². The van der Waals surface area contributed by atoms with E-state index in [0.29, 0.717) is 42.7 Å². The molecule has 4 aromatic rings. The van der Waals surface area contributed by atoms with Crippen molar-refractivity contribution in [2.24, 2.45) is 0 Å². The fraction of sp³-hybridized carbons (Fsp3) is 0.222. The lowest BCUT2D eigenvalue weighted by Gasteiger charge is -2.22. The van der Waals surface area contributed by atoms with Gasteiger partial charge in [0.05, 0.1) is 31.2 Å². The van der Waals surface area contributed by atoms with Gasteiger partial charge in [0.15, 0.2) is 0 Å². The molecule has 0 fully saturated rings. The zero-order valence-electron chi connectivity index (χ0n) is 19.1. The number of aromatic nitrogens is 2. The highest BCUT2D eigenvalue weighted by molar-refractivity contribution is 5.78. The summed E-state index contributed by atoms with van der Waals surface area (Å²) in [6.45, 7) is 1.06. The van der Waals surface area contributed by atoms with Gasteiger partial charge in [0.2, 0.25) is 5.91 Å². The van der Waals surface area contributed by atoms with E-state index in [2.05, 4.69) is 9.97 Å². The molecule has 0 spiro atoms. The van der Waals surface area contributed by atoms with Crippen molar-refractivity contribution in [1.29, 1.82) is 0 Å². The Morgan fingerprint density at radius 3 is 2.38 bits per heavy atom. The van der Waals surface area contributed by atoms with Crippen LogP contribution in [0.4, 0.5) is 0 Å². The lowest BCUT2D eigenvalue weighted by Crippen LogP contribution is -2.31. The number of benzene rings is 3. The monoisotopic (exact) mass is 457 g/mol. The van der Waals surface area contributed by atoms with Gasteiger partial charge in [0.1, 0.15) is 17.3 Å². The molecule has 1 amide bonds. The average Bonchev–Trinajstić information content (AvgIpc) is 2.87. The van der Waals surface area contributed by atoms with Crippen molar-refractivity contribution >= 4 is 16.8 Å². The van der Waals surface area contributed by atoms with Crippen molar-refractivity contribution in [2.75, 3.05) is 13.7 Å². The molecule has 1 heterocycles. The predicted octanol–water partition coefficient (Wildman–Crippen LogP) is 4.32. The second-order valence-electron chi connectivity index (χ2n) is 7.89. The van der Waals surface area contributed by atoms with Crippen LogP contribution in [0.1, 0.15) is 24.2 Å². The number of aromatic amines is 1. The third-order valence-electron chi connectivity index (χ3n) is 5.43. The Labute approximate surface area is 198 Å². The molecule has 0 unspecified atom stereocenters. The van der Waals surface area contributed by atoms with Crippen LogP contribution in [0.3, 0.4) is 0 Å². The standard InChI is InChI=1S/C27H27N3O4/c1-33-21-13-15-22(16-14-21)34-17-7-12-26(31)30(18-20-8-3-2-4-9-20)19-25-28-24-11-6-5-10-23(24)27(32)29-25/h2-6,8-11,13-16H,7,12,17-19H2,1H3,(H,28,29,32). The Balaban J connectivity index is 1.42. The van der Waals surface area contributed by atoms with Crippen LogP contribution in [0.5, 0.6) is 11.5 Å². The highest BCUT2D eigenvalue weighted by Crippen LogP contribution is 2.18. The zero-order valence-corrected chi connectivity index (χ0v) is 19.1. The van der Waals surface area contributed by atoms with Gasteiger partial charge in [0, 0.05) is 13.0 Å². The number of methoxy groups -OCH3 is 1. The molecular weight excluding hydrogens is 430 g/mol. The van der Waals surface area contributed by atoms with E-state index in [1.165, 1.54) is 0 Å². The van der Waals surface area contributed by atoms with Crippen LogP contribution >= 0.6 is 0 Å². The van der Waals surface area contributed by atoms with Gasteiger partial charge in [-0.25, -0.2) is 4.98 Å². The maximum atomic E-state index is 13.1. The van der Waals surface area contributed by atoms with E-state index in [-0.39, 0.29) is 18.0 Å². The van der Waals surface area contributed by atoms with Crippen LogP contribution in [-0.2, 0) is 17.9 Å². The smallest absolute Gasteiger partial charge is 0.258 e. The number of nitrogens with zero attached hydrogens (tertiary/aromatic N) is 2. The van der Waals surface area contributed by atoms with Crippen molar-refractivity contribution in [3.63, 3.8) is 0 Å². The third-order valence-corrected chi connectivity index (χ3v) is 5.43. The molecule has 1 N–H and O–H groups in total. The molecule has 34 heavy (non-hydrogen) atoms. The van der Waals surface area contributed by atoms with E-state index in [4.69, 9.17) is 9.47 Å². The Morgan fingerprint density at radius 1 is 0.912 bits per heavy atom. The van der Waals surface area contributed by atoms with E-state index in [9.17, 15) is 9.59 Å². The van der Waals surface area contributed by atoms with Gasteiger partial charge in [-0.15, -0.1) is 0 Å². The van der Waals surface area contributed by atoms with E-state index >= 15 is 0 Å². The Hall–Kier alpha value is -4.13. The summed E-state index contributed by atoms with van der Waals surface area (Å²) in [6.07, 6.45) is 0.888. The minimum atomic E-state index is -0.208. The highest BCUT2D eigenvalue weighted by Gasteiger charge is 2.16. The van der Waals surface area contributed by atoms with Gasteiger partial charge >= 0.3 is 0 Å². The number of H-pyrrole nitrogens is 1. The molecule has 0 atom stereocenters. The number of hydrogen-bond donors (Lipinski definition) is 1. The Bertz CT molecular complexity index is 1290. The lowest BCUT2D eigenvalue weighted by molar-refractivity contribution is -0.132. The Kier molecular flexibility index (Phi) is 7.55. The number of amides is 1. The fourth-order valence-electron chi connectivity index (χ4n) is 3.67. The van der Waals surface area contributed by atoms with Crippen LogP contribution in [0, 0.1) is 0 Å². The number of para-hydroxylation sites is 1. The van der Waals surface area contributed by atoms with Crippen LogP contribution in [0.25, 0.3) is 10.9 Å². The number of carbonyl (C=O) groups is 1. The summed E-state index contributed by atoms with van der Waals surface area (Å²) >= 11 is 0. The first kappa shape index (κ1) is 23.0. The molecule has 3 aromatic carbocycles.